The first-order chi connectivity index (χ1) is 16.5. The van der Waals surface area contributed by atoms with Crippen molar-refractivity contribution in [3.8, 4) is 23.2 Å². The maximum absolute atomic E-state index is 13.6. The number of aromatic nitrogens is 4. The molecule has 3 heterocycles. The number of furan rings is 1. The lowest BCUT2D eigenvalue weighted by atomic mass is 10.0. The van der Waals surface area contributed by atoms with Gasteiger partial charge in [0.05, 0.1) is 18.4 Å². The monoisotopic (exact) mass is 455 g/mol. The lowest BCUT2D eigenvalue weighted by molar-refractivity contribution is 0.102. The molecule has 0 aliphatic rings. The van der Waals surface area contributed by atoms with E-state index < -0.39 is 0 Å². The Balaban J connectivity index is 1.63. The summed E-state index contributed by atoms with van der Waals surface area (Å²) in [6.45, 7) is 3.98. The molecule has 0 saturated heterocycles. The van der Waals surface area contributed by atoms with Gasteiger partial charge in [0.1, 0.15) is 17.3 Å². The van der Waals surface area contributed by atoms with Crippen molar-refractivity contribution < 1.29 is 13.9 Å². The summed E-state index contributed by atoms with van der Waals surface area (Å²) in [5, 5.41) is 9.10. The molecule has 0 unspecified atom stereocenters. The molecule has 9 nitrogen and oxygen atoms in total. The molecule has 0 fully saturated rings. The van der Waals surface area contributed by atoms with Gasteiger partial charge < -0.3 is 14.5 Å². The first-order valence-electron chi connectivity index (χ1n) is 10.7. The minimum atomic E-state index is -0.387. The summed E-state index contributed by atoms with van der Waals surface area (Å²) in [6.07, 6.45) is 1.53. The third-order valence-electron chi connectivity index (χ3n) is 5.20. The molecule has 1 amide bonds. The van der Waals surface area contributed by atoms with Crippen LogP contribution in [0.3, 0.4) is 0 Å². The molecule has 5 aromatic rings. The molecule has 0 radical (unpaired) electrons. The molecular formula is C25H21N5O4. The molecule has 3 aromatic heterocycles. The molecule has 170 valence electrons. The van der Waals surface area contributed by atoms with Crippen LogP contribution in [0.4, 0.5) is 5.82 Å². The zero-order valence-corrected chi connectivity index (χ0v) is 18.5. The molecule has 0 aliphatic carbocycles. The molecule has 2 N–H and O–H groups in total. The first-order valence-corrected chi connectivity index (χ1v) is 10.7. The average molecular weight is 455 g/mol. The zero-order chi connectivity index (χ0) is 23.7. The summed E-state index contributed by atoms with van der Waals surface area (Å²) in [5.41, 5.74) is 1.05. The highest BCUT2D eigenvalue weighted by Gasteiger charge is 2.21. The first kappa shape index (κ1) is 21.2. The number of carbonyl (C=O) groups is 1. The van der Waals surface area contributed by atoms with Gasteiger partial charge in [-0.3, -0.25) is 14.6 Å². The van der Waals surface area contributed by atoms with E-state index in [2.05, 4.69) is 20.4 Å². The van der Waals surface area contributed by atoms with Gasteiger partial charge >= 0.3 is 0 Å². The van der Waals surface area contributed by atoms with Crippen LogP contribution in [-0.2, 0) is 0 Å². The van der Waals surface area contributed by atoms with Crippen molar-refractivity contribution in [2.24, 2.45) is 0 Å². The van der Waals surface area contributed by atoms with E-state index >= 15 is 0 Å². The van der Waals surface area contributed by atoms with Gasteiger partial charge in [-0.15, -0.1) is 0 Å². The van der Waals surface area contributed by atoms with Crippen molar-refractivity contribution in [3.05, 3.63) is 88.5 Å². The number of carbonyl (C=O) groups excluding carboxylic acids is 1. The summed E-state index contributed by atoms with van der Waals surface area (Å²) in [6, 6.07) is 17.8. The summed E-state index contributed by atoms with van der Waals surface area (Å²) in [7, 11) is 0. The van der Waals surface area contributed by atoms with Crippen molar-refractivity contribution in [1.29, 1.82) is 0 Å². The number of hydrogen-bond acceptors (Lipinski definition) is 6. The third-order valence-corrected chi connectivity index (χ3v) is 5.20. The molecule has 5 rings (SSSR count). The van der Waals surface area contributed by atoms with Gasteiger partial charge in [-0.05, 0) is 42.8 Å². The van der Waals surface area contributed by atoms with E-state index in [9.17, 15) is 9.59 Å². The lowest BCUT2D eigenvalue weighted by Crippen LogP contribution is -2.19. The Morgan fingerprint density at radius 3 is 2.76 bits per heavy atom. The maximum atomic E-state index is 13.6. The molecule has 0 spiro atoms. The van der Waals surface area contributed by atoms with Gasteiger partial charge in [0.25, 0.3) is 11.5 Å². The topological polar surface area (TPSA) is 115 Å². The largest absolute Gasteiger partial charge is 0.493 e. The number of amides is 1. The molecule has 2 aromatic carbocycles. The number of rotatable bonds is 6. The molecule has 0 atom stereocenters. The maximum Gasteiger partial charge on any atom is 0.261 e. The lowest BCUT2D eigenvalue weighted by Gasteiger charge is -2.14. The van der Waals surface area contributed by atoms with E-state index in [0.717, 1.165) is 10.8 Å². The second-order valence-electron chi connectivity index (χ2n) is 7.56. The van der Waals surface area contributed by atoms with E-state index in [1.165, 1.54) is 17.0 Å². The van der Waals surface area contributed by atoms with Crippen LogP contribution < -0.4 is 15.6 Å². The van der Waals surface area contributed by atoms with Crippen LogP contribution in [0.25, 0.3) is 28.2 Å². The summed E-state index contributed by atoms with van der Waals surface area (Å²) in [4.78, 5) is 32.7. The van der Waals surface area contributed by atoms with E-state index in [1.54, 1.807) is 31.2 Å². The van der Waals surface area contributed by atoms with Crippen molar-refractivity contribution in [2.75, 3.05) is 11.9 Å². The SMILES string of the molecule is CCOc1ccc2ccccc2c1C(=O)Nc1cc(-c2ccco2)nn1-c1nc(C)cc(=O)[nH]1. The van der Waals surface area contributed by atoms with Crippen molar-refractivity contribution in [2.45, 2.75) is 13.8 Å². The highest BCUT2D eigenvalue weighted by atomic mass is 16.5. The second-order valence-corrected chi connectivity index (χ2v) is 7.56. The van der Waals surface area contributed by atoms with Gasteiger partial charge in [-0.2, -0.15) is 9.78 Å². The number of aromatic amines is 1. The standard InChI is InChI=1S/C25H21N5O4/c1-3-33-20-11-10-16-7-4-5-8-17(16)23(20)24(32)27-21-14-18(19-9-6-12-34-19)29-30(21)25-26-15(2)13-22(31)28-25/h4-14H,3H2,1-2H3,(H,27,32)(H,26,28,31). The summed E-state index contributed by atoms with van der Waals surface area (Å²) in [5.74, 6) is 1.06. The molecule has 0 aliphatic heterocycles. The van der Waals surface area contributed by atoms with Crippen LogP contribution in [-0.4, -0.2) is 32.3 Å². The zero-order valence-electron chi connectivity index (χ0n) is 18.5. The number of anilines is 1. The normalized spacial score (nSPS) is 11.0. The number of aryl methyl sites for hydroxylation is 1. The van der Waals surface area contributed by atoms with Gasteiger partial charge in [-0.25, -0.2) is 4.98 Å². The highest BCUT2D eigenvalue weighted by molar-refractivity contribution is 6.15. The molecular weight excluding hydrogens is 434 g/mol. The quantitative estimate of drug-likeness (QED) is 0.394. The van der Waals surface area contributed by atoms with Gasteiger partial charge in [0.15, 0.2) is 5.76 Å². The number of nitrogens with zero attached hydrogens (tertiary/aromatic N) is 3. The fourth-order valence-corrected chi connectivity index (χ4v) is 3.78. The smallest absolute Gasteiger partial charge is 0.261 e. The van der Waals surface area contributed by atoms with Crippen LogP contribution in [0.5, 0.6) is 5.75 Å². The Morgan fingerprint density at radius 1 is 1.15 bits per heavy atom. The van der Waals surface area contributed by atoms with Gasteiger partial charge in [0, 0.05) is 17.8 Å². The van der Waals surface area contributed by atoms with Crippen LogP contribution in [0.15, 0.2) is 76.1 Å². The Labute approximate surface area is 194 Å². The molecule has 9 heteroatoms. The molecule has 0 saturated carbocycles. The second kappa shape index (κ2) is 8.70. The van der Waals surface area contributed by atoms with Crippen molar-refractivity contribution >= 4 is 22.5 Å². The Hall–Kier alpha value is -4.66. The summed E-state index contributed by atoms with van der Waals surface area (Å²) < 4.78 is 12.6. The number of ether oxygens (including phenoxy) is 1. The number of hydrogen-bond donors (Lipinski definition) is 2. The Bertz CT molecular complexity index is 1550. The summed E-state index contributed by atoms with van der Waals surface area (Å²) >= 11 is 0. The minimum absolute atomic E-state index is 0.168. The van der Waals surface area contributed by atoms with E-state index in [0.29, 0.717) is 40.9 Å². The van der Waals surface area contributed by atoms with Crippen LogP contribution in [0.2, 0.25) is 0 Å². The van der Waals surface area contributed by atoms with E-state index in [4.69, 9.17) is 9.15 Å². The van der Waals surface area contributed by atoms with Crippen molar-refractivity contribution in [3.63, 3.8) is 0 Å². The molecule has 34 heavy (non-hydrogen) atoms. The Kier molecular flexibility index (Phi) is 5.43. The molecule has 0 bridgehead atoms. The fraction of sp³-hybridized carbons (Fsp3) is 0.120. The minimum Gasteiger partial charge on any atom is -0.493 e. The third kappa shape index (κ3) is 3.95. The predicted octanol–water partition coefficient (Wildman–Crippen LogP) is 4.33. The number of benzene rings is 2. The Morgan fingerprint density at radius 2 is 2.00 bits per heavy atom. The van der Waals surface area contributed by atoms with Crippen LogP contribution in [0, 0.1) is 6.92 Å². The average Bonchev–Trinajstić information content (AvgIpc) is 3.48. The number of fused-ring (bicyclic) bond motifs is 1. The van der Waals surface area contributed by atoms with Crippen LogP contribution in [0.1, 0.15) is 23.0 Å². The van der Waals surface area contributed by atoms with Gasteiger partial charge in [-0.1, -0.05) is 30.3 Å². The number of nitrogens with one attached hydrogen (secondary N) is 2. The van der Waals surface area contributed by atoms with Crippen molar-refractivity contribution in [1.82, 2.24) is 19.7 Å². The van der Waals surface area contributed by atoms with Gasteiger partial charge in [0.2, 0.25) is 5.95 Å². The predicted molar refractivity (Wildman–Crippen MR) is 127 cm³/mol. The van der Waals surface area contributed by atoms with E-state index in [1.807, 2.05) is 37.3 Å². The van der Waals surface area contributed by atoms with Crippen LogP contribution >= 0.6 is 0 Å². The van der Waals surface area contributed by atoms with E-state index in [-0.39, 0.29) is 17.4 Å². The fourth-order valence-electron chi connectivity index (χ4n) is 3.78. The number of H-pyrrole nitrogens is 1. The highest BCUT2D eigenvalue weighted by Crippen LogP contribution is 2.30.